The van der Waals surface area contributed by atoms with Gasteiger partial charge in [-0.25, -0.2) is 4.79 Å². The lowest BCUT2D eigenvalue weighted by Crippen LogP contribution is -2.41. The van der Waals surface area contributed by atoms with Crippen molar-refractivity contribution in [3.63, 3.8) is 0 Å². The average Bonchev–Trinajstić information content (AvgIpc) is 2.54. The molecule has 1 aromatic carbocycles. The highest BCUT2D eigenvalue weighted by molar-refractivity contribution is 5.73. The summed E-state index contributed by atoms with van der Waals surface area (Å²) in [6.07, 6.45) is 1.93. The van der Waals surface area contributed by atoms with Crippen molar-refractivity contribution in [1.29, 1.82) is 0 Å². The Morgan fingerprint density at radius 2 is 1.86 bits per heavy atom. The number of nitrogens with zero attached hydrogens (tertiary/aromatic N) is 1. The normalized spacial score (nSPS) is 12.0. The minimum absolute atomic E-state index is 0.105. The molecule has 0 bridgehead atoms. The van der Waals surface area contributed by atoms with Crippen molar-refractivity contribution < 1.29 is 9.53 Å². The molecule has 0 saturated heterocycles. The molecule has 1 unspecified atom stereocenters. The molecular weight excluding hydrogens is 278 g/mol. The molecule has 5 heteroatoms. The van der Waals surface area contributed by atoms with Gasteiger partial charge in [-0.3, -0.25) is 0 Å². The van der Waals surface area contributed by atoms with Crippen molar-refractivity contribution in [2.45, 2.75) is 32.7 Å². The highest BCUT2D eigenvalue weighted by atomic mass is 16.5. The predicted molar refractivity (Wildman–Crippen MR) is 90.5 cm³/mol. The van der Waals surface area contributed by atoms with Crippen LogP contribution in [0.25, 0.3) is 0 Å². The van der Waals surface area contributed by atoms with Crippen LogP contribution in [0.2, 0.25) is 0 Å². The molecule has 2 N–H and O–H groups in total. The van der Waals surface area contributed by atoms with Crippen LogP contribution in [0.15, 0.2) is 24.3 Å². The van der Waals surface area contributed by atoms with Crippen LogP contribution in [-0.2, 0) is 6.42 Å². The average molecular weight is 307 g/mol. The minimum Gasteiger partial charge on any atom is -0.497 e. The van der Waals surface area contributed by atoms with E-state index in [-0.39, 0.29) is 6.03 Å². The van der Waals surface area contributed by atoms with Crippen LogP contribution < -0.4 is 15.4 Å². The lowest BCUT2D eigenvalue weighted by atomic mass is 10.1. The summed E-state index contributed by atoms with van der Waals surface area (Å²) in [6.45, 7) is 6.50. The number of ether oxygens (including phenoxy) is 1. The van der Waals surface area contributed by atoms with Crippen LogP contribution in [0, 0.1) is 0 Å². The molecule has 1 aromatic rings. The Hall–Kier alpha value is -1.75. The van der Waals surface area contributed by atoms with Gasteiger partial charge in [-0.05, 0) is 44.5 Å². The largest absolute Gasteiger partial charge is 0.497 e. The van der Waals surface area contributed by atoms with E-state index in [4.69, 9.17) is 4.74 Å². The van der Waals surface area contributed by atoms with Gasteiger partial charge in [0, 0.05) is 25.7 Å². The maximum atomic E-state index is 11.7. The smallest absolute Gasteiger partial charge is 0.314 e. The maximum Gasteiger partial charge on any atom is 0.314 e. The number of carbonyl (C=O) groups is 1. The number of methoxy groups -OCH3 is 1. The van der Waals surface area contributed by atoms with E-state index in [2.05, 4.69) is 36.4 Å². The number of likely N-dealkylation sites (N-methyl/N-ethyl adjacent to an activating group) is 1. The van der Waals surface area contributed by atoms with Crippen LogP contribution in [0.3, 0.4) is 0 Å². The van der Waals surface area contributed by atoms with Gasteiger partial charge >= 0.3 is 6.03 Å². The van der Waals surface area contributed by atoms with Crippen LogP contribution in [-0.4, -0.2) is 50.8 Å². The van der Waals surface area contributed by atoms with E-state index in [1.54, 1.807) is 7.11 Å². The van der Waals surface area contributed by atoms with E-state index < -0.39 is 0 Å². The van der Waals surface area contributed by atoms with E-state index in [0.717, 1.165) is 25.1 Å². The fraction of sp³-hybridized carbons (Fsp3) is 0.588. The van der Waals surface area contributed by atoms with Crippen molar-refractivity contribution in [3.05, 3.63) is 29.8 Å². The Balaban J connectivity index is 2.15. The number of carbonyl (C=O) groups excluding carboxylic acids is 1. The zero-order valence-corrected chi connectivity index (χ0v) is 14.2. The number of amides is 2. The molecule has 0 aliphatic carbocycles. The van der Waals surface area contributed by atoms with E-state index >= 15 is 0 Å². The van der Waals surface area contributed by atoms with Crippen LogP contribution >= 0.6 is 0 Å². The lowest BCUT2D eigenvalue weighted by molar-refractivity contribution is 0.230. The van der Waals surface area contributed by atoms with Crippen molar-refractivity contribution in [3.8, 4) is 5.75 Å². The first-order valence-electron chi connectivity index (χ1n) is 7.91. The van der Waals surface area contributed by atoms with Gasteiger partial charge in [0.15, 0.2) is 0 Å². The summed E-state index contributed by atoms with van der Waals surface area (Å²) in [5.41, 5.74) is 1.18. The van der Waals surface area contributed by atoms with Crippen molar-refractivity contribution in [2.24, 2.45) is 0 Å². The number of urea groups is 1. The van der Waals surface area contributed by atoms with E-state index in [9.17, 15) is 4.79 Å². The van der Waals surface area contributed by atoms with Gasteiger partial charge in [0.05, 0.1) is 7.11 Å². The second-order valence-corrected chi connectivity index (χ2v) is 5.52. The van der Waals surface area contributed by atoms with Gasteiger partial charge in [-0.2, -0.15) is 0 Å². The number of nitrogens with one attached hydrogen (secondary N) is 2. The monoisotopic (exact) mass is 307 g/mol. The lowest BCUT2D eigenvalue weighted by Gasteiger charge is -2.23. The Kier molecular flexibility index (Phi) is 8.36. The summed E-state index contributed by atoms with van der Waals surface area (Å²) in [5.74, 6) is 0.847. The van der Waals surface area contributed by atoms with E-state index in [1.807, 2.05) is 24.3 Å². The van der Waals surface area contributed by atoms with E-state index in [0.29, 0.717) is 19.1 Å². The number of hydrogen-bond acceptors (Lipinski definition) is 3. The van der Waals surface area contributed by atoms with Crippen LogP contribution in [0.4, 0.5) is 4.79 Å². The second-order valence-electron chi connectivity index (χ2n) is 5.52. The molecule has 1 atom stereocenters. The summed E-state index contributed by atoms with van der Waals surface area (Å²) >= 11 is 0. The SMILES string of the molecule is CCC(C)N(C)CCNC(=O)NCCc1ccc(OC)cc1. The standard InChI is InChI=1S/C17H29N3O2/c1-5-14(2)20(3)13-12-19-17(21)18-11-10-15-6-8-16(22-4)9-7-15/h6-9,14H,5,10-13H2,1-4H3,(H2,18,19,21). The quantitative estimate of drug-likeness (QED) is 0.736. The molecule has 22 heavy (non-hydrogen) atoms. The molecule has 2 amide bonds. The molecule has 0 fully saturated rings. The van der Waals surface area contributed by atoms with Gasteiger partial charge in [0.2, 0.25) is 0 Å². The summed E-state index contributed by atoms with van der Waals surface area (Å²) in [7, 11) is 3.73. The van der Waals surface area contributed by atoms with Gasteiger partial charge in [-0.15, -0.1) is 0 Å². The molecule has 0 saturated carbocycles. The van der Waals surface area contributed by atoms with Gasteiger partial charge in [0.1, 0.15) is 5.75 Å². The molecule has 0 aliphatic heterocycles. The first-order valence-corrected chi connectivity index (χ1v) is 7.91. The summed E-state index contributed by atoms with van der Waals surface area (Å²) in [5, 5.41) is 5.76. The maximum absolute atomic E-state index is 11.7. The fourth-order valence-electron chi connectivity index (χ4n) is 2.05. The van der Waals surface area contributed by atoms with Crippen LogP contribution in [0.5, 0.6) is 5.75 Å². The molecule has 0 aliphatic rings. The molecule has 124 valence electrons. The topological polar surface area (TPSA) is 53.6 Å². The number of rotatable bonds is 9. The van der Waals surface area contributed by atoms with Crippen molar-refractivity contribution in [1.82, 2.24) is 15.5 Å². The van der Waals surface area contributed by atoms with Crippen LogP contribution in [0.1, 0.15) is 25.8 Å². The van der Waals surface area contributed by atoms with Gasteiger partial charge in [-0.1, -0.05) is 19.1 Å². The minimum atomic E-state index is -0.105. The number of hydrogen-bond donors (Lipinski definition) is 2. The first kappa shape index (κ1) is 18.3. The number of benzene rings is 1. The molecule has 0 radical (unpaired) electrons. The summed E-state index contributed by atoms with van der Waals surface area (Å²) in [4.78, 5) is 13.9. The highest BCUT2D eigenvalue weighted by Gasteiger charge is 2.06. The highest BCUT2D eigenvalue weighted by Crippen LogP contribution is 2.11. The Morgan fingerprint density at radius 3 is 2.45 bits per heavy atom. The molecule has 0 heterocycles. The van der Waals surface area contributed by atoms with Gasteiger partial charge in [0.25, 0.3) is 0 Å². The third-order valence-electron chi connectivity index (χ3n) is 3.95. The third kappa shape index (κ3) is 6.80. The molecule has 0 spiro atoms. The third-order valence-corrected chi connectivity index (χ3v) is 3.95. The Labute approximate surface area is 134 Å². The van der Waals surface area contributed by atoms with Crippen molar-refractivity contribution in [2.75, 3.05) is 33.8 Å². The Morgan fingerprint density at radius 1 is 1.23 bits per heavy atom. The van der Waals surface area contributed by atoms with Crippen molar-refractivity contribution >= 4 is 6.03 Å². The van der Waals surface area contributed by atoms with Gasteiger partial charge < -0.3 is 20.3 Å². The van der Waals surface area contributed by atoms with E-state index in [1.165, 1.54) is 5.56 Å². The first-order chi connectivity index (χ1) is 10.6. The fourth-order valence-corrected chi connectivity index (χ4v) is 2.05. The molecular formula is C17H29N3O2. The molecule has 1 rings (SSSR count). The molecule has 5 nitrogen and oxygen atoms in total. The summed E-state index contributed by atoms with van der Waals surface area (Å²) in [6, 6.07) is 8.32. The summed E-state index contributed by atoms with van der Waals surface area (Å²) < 4.78 is 5.12. The second kappa shape index (κ2) is 10.1. The molecule has 0 aromatic heterocycles. The zero-order chi connectivity index (χ0) is 16.4. The zero-order valence-electron chi connectivity index (χ0n) is 14.2. The Bertz CT molecular complexity index is 434. The predicted octanol–water partition coefficient (Wildman–Crippen LogP) is 2.27.